The summed E-state index contributed by atoms with van der Waals surface area (Å²) in [4.78, 5) is 15.7. The van der Waals surface area contributed by atoms with Crippen molar-refractivity contribution in [1.82, 2.24) is 10.8 Å². The highest BCUT2D eigenvalue weighted by molar-refractivity contribution is 5.89. The molecule has 50 valence electrons. The minimum absolute atomic E-state index is 0.0787. The highest BCUT2D eigenvalue weighted by Crippen LogP contribution is 2.08. The Bertz CT molecular complexity index is 148. The van der Waals surface area contributed by atoms with Gasteiger partial charge in [0.15, 0.2) is 5.78 Å². The van der Waals surface area contributed by atoms with Gasteiger partial charge in [-0.3, -0.25) is 9.63 Å². The van der Waals surface area contributed by atoms with Gasteiger partial charge in [0, 0.05) is 0 Å². The van der Waals surface area contributed by atoms with Crippen LogP contribution in [0.15, 0.2) is 0 Å². The maximum Gasteiger partial charge on any atom is 0.167 e. The summed E-state index contributed by atoms with van der Waals surface area (Å²) in [6.07, 6.45) is 0. The first kappa shape index (κ1) is 5.34. The van der Waals surface area contributed by atoms with Crippen molar-refractivity contribution in [3.8, 4) is 0 Å². The van der Waals surface area contributed by atoms with Crippen LogP contribution in [-0.4, -0.2) is 31.0 Å². The van der Waals surface area contributed by atoms with E-state index in [0.29, 0.717) is 13.2 Å². The molecule has 0 saturated carbocycles. The fourth-order valence-electron chi connectivity index (χ4n) is 1.21. The lowest BCUT2D eigenvalue weighted by Gasteiger charge is -2.00. The normalized spacial score (nSPS) is 41.6. The van der Waals surface area contributed by atoms with Crippen molar-refractivity contribution in [2.24, 2.45) is 0 Å². The number of hydrogen-bond donors (Lipinski definition) is 2. The van der Waals surface area contributed by atoms with E-state index >= 15 is 0 Å². The zero-order valence-corrected chi connectivity index (χ0v) is 4.89. The van der Waals surface area contributed by atoms with Crippen LogP contribution in [0.3, 0.4) is 0 Å². The molecule has 0 aliphatic carbocycles. The minimum Gasteiger partial charge on any atom is -0.303 e. The summed E-state index contributed by atoms with van der Waals surface area (Å²) >= 11 is 0. The number of hydrogen-bond acceptors (Lipinski definition) is 4. The maximum absolute atomic E-state index is 10.9. The Labute approximate surface area is 52.5 Å². The van der Waals surface area contributed by atoms with E-state index in [1.165, 1.54) is 0 Å². The van der Waals surface area contributed by atoms with Crippen molar-refractivity contribution < 1.29 is 9.63 Å². The molecule has 0 spiro atoms. The molecule has 0 radical (unpaired) electrons. The number of rotatable bonds is 0. The quantitative estimate of drug-likeness (QED) is 0.414. The fraction of sp³-hybridized carbons (Fsp3) is 0.800. The highest BCUT2D eigenvalue weighted by Gasteiger charge is 2.38. The third-order valence-corrected chi connectivity index (χ3v) is 1.76. The minimum atomic E-state index is -0.0787. The van der Waals surface area contributed by atoms with Crippen molar-refractivity contribution in [2.45, 2.75) is 12.1 Å². The molecule has 2 aliphatic heterocycles. The molecule has 2 rings (SSSR count). The Hall–Kier alpha value is -0.450. The van der Waals surface area contributed by atoms with Gasteiger partial charge in [0.05, 0.1) is 19.2 Å². The van der Waals surface area contributed by atoms with E-state index in [1.54, 1.807) is 0 Å². The standard InChI is InChI=1S/C5H8N2O2/c8-4-1-6-3-2-9-7-5(3)4/h3,5-7H,1-2H2. The van der Waals surface area contributed by atoms with Gasteiger partial charge in [0.25, 0.3) is 0 Å². The largest absolute Gasteiger partial charge is 0.303 e. The summed E-state index contributed by atoms with van der Waals surface area (Å²) in [5, 5.41) is 3.03. The van der Waals surface area contributed by atoms with Crippen LogP contribution in [0.4, 0.5) is 0 Å². The van der Waals surface area contributed by atoms with Gasteiger partial charge in [-0.1, -0.05) is 0 Å². The second-order valence-electron chi connectivity index (χ2n) is 2.36. The molecule has 0 aromatic rings. The smallest absolute Gasteiger partial charge is 0.167 e. The van der Waals surface area contributed by atoms with E-state index in [4.69, 9.17) is 4.84 Å². The van der Waals surface area contributed by atoms with E-state index in [9.17, 15) is 4.79 Å². The molecule has 2 fully saturated rings. The molecule has 2 N–H and O–H groups in total. The Morgan fingerprint density at radius 1 is 1.67 bits per heavy atom. The zero-order valence-electron chi connectivity index (χ0n) is 4.89. The lowest BCUT2D eigenvalue weighted by atomic mass is 10.1. The summed E-state index contributed by atoms with van der Waals surface area (Å²) in [5.74, 6) is 0.206. The monoisotopic (exact) mass is 128 g/mol. The molecule has 2 heterocycles. The van der Waals surface area contributed by atoms with Crippen LogP contribution in [0.25, 0.3) is 0 Å². The van der Waals surface area contributed by atoms with Gasteiger partial charge in [-0.25, -0.2) is 0 Å². The Balaban J connectivity index is 2.15. The third-order valence-electron chi connectivity index (χ3n) is 1.76. The summed E-state index contributed by atoms with van der Waals surface area (Å²) in [7, 11) is 0. The number of Topliss-reactive ketones (excluding diaryl/α,β-unsaturated/α-hetero) is 1. The number of carbonyl (C=O) groups is 1. The molecule has 0 aromatic heterocycles. The van der Waals surface area contributed by atoms with E-state index in [0.717, 1.165) is 0 Å². The third kappa shape index (κ3) is 0.676. The molecule has 2 aliphatic rings. The first-order valence-corrected chi connectivity index (χ1v) is 3.01. The van der Waals surface area contributed by atoms with Crippen molar-refractivity contribution in [3.05, 3.63) is 0 Å². The van der Waals surface area contributed by atoms with Crippen molar-refractivity contribution in [3.63, 3.8) is 0 Å². The van der Waals surface area contributed by atoms with Crippen LogP contribution in [0.5, 0.6) is 0 Å². The molecule has 4 nitrogen and oxygen atoms in total. The fourth-order valence-corrected chi connectivity index (χ4v) is 1.21. The van der Waals surface area contributed by atoms with Gasteiger partial charge in [-0.05, 0) is 0 Å². The predicted molar refractivity (Wildman–Crippen MR) is 29.7 cm³/mol. The lowest BCUT2D eigenvalue weighted by molar-refractivity contribution is -0.119. The van der Waals surface area contributed by atoms with Crippen LogP contribution < -0.4 is 10.8 Å². The highest BCUT2D eigenvalue weighted by atomic mass is 16.7. The number of fused-ring (bicyclic) bond motifs is 1. The van der Waals surface area contributed by atoms with Crippen LogP contribution in [0.2, 0.25) is 0 Å². The molecule has 0 aromatic carbocycles. The lowest BCUT2D eigenvalue weighted by Crippen LogP contribution is -2.34. The number of hydroxylamine groups is 1. The average molecular weight is 128 g/mol. The van der Waals surface area contributed by atoms with Gasteiger partial charge >= 0.3 is 0 Å². The zero-order chi connectivity index (χ0) is 6.27. The van der Waals surface area contributed by atoms with E-state index in [2.05, 4.69) is 10.8 Å². The van der Waals surface area contributed by atoms with Gasteiger partial charge in [-0.15, -0.1) is 0 Å². The van der Waals surface area contributed by atoms with Crippen LogP contribution in [-0.2, 0) is 9.63 Å². The summed E-state index contributed by atoms with van der Waals surface area (Å²) in [6, 6.07) is 0.141. The van der Waals surface area contributed by atoms with E-state index in [-0.39, 0.29) is 17.9 Å². The van der Waals surface area contributed by atoms with Gasteiger partial charge < -0.3 is 5.32 Å². The molecule has 0 bridgehead atoms. The molecule has 2 unspecified atom stereocenters. The predicted octanol–water partition coefficient (Wildman–Crippen LogP) is -1.57. The Kier molecular flexibility index (Phi) is 1.05. The molecule has 9 heavy (non-hydrogen) atoms. The second-order valence-corrected chi connectivity index (χ2v) is 2.36. The maximum atomic E-state index is 10.9. The Morgan fingerprint density at radius 3 is 3.33 bits per heavy atom. The van der Waals surface area contributed by atoms with Crippen LogP contribution >= 0.6 is 0 Å². The number of nitrogens with one attached hydrogen (secondary N) is 2. The van der Waals surface area contributed by atoms with Crippen molar-refractivity contribution in [1.29, 1.82) is 0 Å². The first-order chi connectivity index (χ1) is 4.38. The van der Waals surface area contributed by atoms with Crippen LogP contribution in [0, 0.1) is 0 Å². The van der Waals surface area contributed by atoms with Crippen molar-refractivity contribution in [2.75, 3.05) is 13.2 Å². The number of ketones is 1. The number of carbonyl (C=O) groups excluding carboxylic acids is 1. The van der Waals surface area contributed by atoms with Gasteiger partial charge in [0.2, 0.25) is 0 Å². The summed E-state index contributed by atoms with van der Waals surface area (Å²) in [5.41, 5.74) is 2.66. The molecule has 0 amide bonds. The first-order valence-electron chi connectivity index (χ1n) is 3.01. The molecule has 4 heteroatoms. The SMILES string of the molecule is O=C1CNC2CONC12. The molecular weight excluding hydrogens is 120 g/mol. The van der Waals surface area contributed by atoms with Crippen molar-refractivity contribution >= 4 is 5.78 Å². The van der Waals surface area contributed by atoms with E-state index < -0.39 is 0 Å². The van der Waals surface area contributed by atoms with Gasteiger partial charge in [0.1, 0.15) is 6.04 Å². The van der Waals surface area contributed by atoms with Gasteiger partial charge in [-0.2, -0.15) is 5.48 Å². The summed E-state index contributed by atoms with van der Waals surface area (Å²) in [6.45, 7) is 1.10. The Morgan fingerprint density at radius 2 is 2.56 bits per heavy atom. The van der Waals surface area contributed by atoms with Crippen LogP contribution in [0.1, 0.15) is 0 Å². The summed E-state index contributed by atoms with van der Waals surface area (Å²) < 4.78 is 0. The van der Waals surface area contributed by atoms with E-state index in [1.807, 2.05) is 0 Å². The molecular formula is C5H8N2O2. The topological polar surface area (TPSA) is 50.4 Å². The molecule has 2 saturated heterocycles. The average Bonchev–Trinajstić information content (AvgIpc) is 2.35. The second kappa shape index (κ2) is 1.76. The molecule has 2 atom stereocenters.